The number of halogens is 1. The number of carbonyl (C=O) groups is 1. The molecule has 29 heavy (non-hydrogen) atoms. The van der Waals surface area contributed by atoms with Gasteiger partial charge in [0.1, 0.15) is 11.5 Å². The zero-order valence-electron chi connectivity index (χ0n) is 16.0. The molecule has 0 fully saturated rings. The number of thioether (sulfide) groups is 1. The van der Waals surface area contributed by atoms with Crippen molar-refractivity contribution < 1.29 is 18.8 Å². The van der Waals surface area contributed by atoms with Gasteiger partial charge in [-0.15, -0.1) is 11.8 Å². The van der Waals surface area contributed by atoms with Crippen LogP contribution >= 0.6 is 23.4 Å². The first-order valence-electron chi connectivity index (χ1n) is 8.73. The van der Waals surface area contributed by atoms with E-state index in [4.69, 9.17) is 25.6 Å². The topological polar surface area (TPSA) is 86.5 Å². The van der Waals surface area contributed by atoms with Crippen LogP contribution in [0, 0.1) is 0 Å². The lowest BCUT2D eigenvalue weighted by atomic mass is 10.2. The molecular formula is C20H20ClN3O4S. The minimum absolute atomic E-state index is 0.106. The van der Waals surface area contributed by atoms with Gasteiger partial charge in [-0.3, -0.25) is 4.79 Å². The summed E-state index contributed by atoms with van der Waals surface area (Å²) in [4.78, 5) is 16.4. The van der Waals surface area contributed by atoms with Crippen LogP contribution in [-0.4, -0.2) is 36.0 Å². The molecule has 152 valence electrons. The monoisotopic (exact) mass is 433 g/mol. The lowest BCUT2D eigenvalue weighted by Crippen LogP contribution is -2.24. The largest absolute Gasteiger partial charge is 0.497 e. The van der Waals surface area contributed by atoms with Crippen molar-refractivity contribution in [2.75, 3.05) is 20.0 Å². The molecule has 1 aromatic heterocycles. The number of hydrogen-bond donors (Lipinski definition) is 1. The number of benzene rings is 2. The zero-order chi connectivity index (χ0) is 20.6. The normalized spacial score (nSPS) is 10.6. The molecule has 0 bridgehead atoms. The van der Waals surface area contributed by atoms with E-state index in [0.29, 0.717) is 39.6 Å². The smallest absolute Gasteiger partial charge is 0.246 e. The number of nitrogens with zero attached hydrogens (tertiary/aromatic N) is 2. The van der Waals surface area contributed by atoms with Crippen molar-refractivity contribution in [3.05, 3.63) is 58.9 Å². The zero-order valence-corrected chi connectivity index (χ0v) is 17.5. The van der Waals surface area contributed by atoms with Crippen LogP contribution in [0.5, 0.6) is 11.5 Å². The Labute approximate surface area is 177 Å². The average molecular weight is 434 g/mol. The number of rotatable bonds is 9. The van der Waals surface area contributed by atoms with Crippen LogP contribution in [0.4, 0.5) is 0 Å². The first kappa shape index (κ1) is 21.0. The third-order valence-electron chi connectivity index (χ3n) is 3.97. The Kier molecular flexibility index (Phi) is 7.37. The summed E-state index contributed by atoms with van der Waals surface area (Å²) in [7, 11) is 3.14. The van der Waals surface area contributed by atoms with Gasteiger partial charge in [-0.05, 0) is 29.8 Å². The maximum absolute atomic E-state index is 12.0. The van der Waals surface area contributed by atoms with Crippen LogP contribution in [0.25, 0.3) is 11.4 Å². The number of hydrogen-bond acceptors (Lipinski definition) is 7. The fourth-order valence-corrected chi connectivity index (χ4v) is 3.43. The second-order valence-corrected chi connectivity index (χ2v) is 7.40. The van der Waals surface area contributed by atoms with Gasteiger partial charge in [0.05, 0.1) is 32.1 Å². The van der Waals surface area contributed by atoms with Crippen molar-refractivity contribution in [3.8, 4) is 22.9 Å². The van der Waals surface area contributed by atoms with Crippen LogP contribution in [0.2, 0.25) is 5.02 Å². The summed E-state index contributed by atoms with van der Waals surface area (Å²) < 4.78 is 15.8. The number of aromatic nitrogens is 2. The summed E-state index contributed by atoms with van der Waals surface area (Å²) in [5.74, 6) is 2.88. The molecule has 0 radical (unpaired) electrons. The maximum atomic E-state index is 12.0. The van der Waals surface area contributed by atoms with Crippen molar-refractivity contribution in [3.63, 3.8) is 0 Å². The summed E-state index contributed by atoms with van der Waals surface area (Å²) in [5, 5.41) is 7.44. The van der Waals surface area contributed by atoms with Crippen molar-refractivity contribution in [1.82, 2.24) is 15.5 Å². The number of nitrogens with one attached hydrogen (secondary N) is 1. The van der Waals surface area contributed by atoms with E-state index in [2.05, 4.69) is 15.5 Å². The quantitative estimate of drug-likeness (QED) is 0.546. The summed E-state index contributed by atoms with van der Waals surface area (Å²) in [6, 6.07) is 12.9. The fourth-order valence-electron chi connectivity index (χ4n) is 2.49. The number of carbonyl (C=O) groups excluding carboxylic acids is 1. The Balaban J connectivity index is 1.50. The minimum atomic E-state index is -0.106. The molecule has 7 nitrogen and oxygen atoms in total. The molecule has 0 spiro atoms. The van der Waals surface area contributed by atoms with E-state index < -0.39 is 0 Å². The third-order valence-corrected chi connectivity index (χ3v) is 5.23. The number of methoxy groups -OCH3 is 2. The highest BCUT2D eigenvalue weighted by molar-refractivity contribution is 7.99. The lowest BCUT2D eigenvalue weighted by molar-refractivity contribution is -0.118. The molecule has 0 saturated carbocycles. The van der Waals surface area contributed by atoms with Crippen LogP contribution in [0.15, 0.2) is 47.0 Å². The van der Waals surface area contributed by atoms with E-state index >= 15 is 0 Å². The highest BCUT2D eigenvalue weighted by Crippen LogP contribution is 2.31. The van der Waals surface area contributed by atoms with Crippen molar-refractivity contribution in [2.45, 2.75) is 12.3 Å². The summed E-state index contributed by atoms with van der Waals surface area (Å²) in [6.07, 6.45) is 0. The fraction of sp³-hybridized carbons (Fsp3) is 0.250. The van der Waals surface area contributed by atoms with Crippen LogP contribution in [-0.2, 0) is 17.1 Å². The molecule has 1 N–H and O–H groups in total. The SMILES string of the molecule is COc1ccc(-c2noc(CNC(=O)CSCc3ccc(Cl)cc3)n2)c(OC)c1. The Morgan fingerprint density at radius 2 is 1.97 bits per heavy atom. The molecular weight excluding hydrogens is 414 g/mol. The van der Waals surface area contributed by atoms with E-state index in [1.54, 1.807) is 32.4 Å². The second kappa shape index (κ2) is 10.2. The van der Waals surface area contributed by atoms with Crippen LogP contribution in [0.3, 0.4) is 0 Å². The molecule has 0 aliphatic heterocycles. The Bertz CT molecular complexity index is 963. The van der Waals surface area contributed by atoms with Gasteiger partial charge in [0.2, 0.25) is 17.6 Å². The van der Waals surface area contributed by atoms with Crippen molar-refractivity contribution in [2.24, 2.45) is 0 Å². The van der Waals surface area contributed by atoms with E-state index in [1.165, 1.54) is 11.8 Å². The molecule has 3 aromatic rings. The molecule has 0 aliphatic rings. The van der Waals surface area contributed by atoms with Gasteiger partial charge in [-0.25, -0.2) is 0 Å². The van der Waals surface area contributed by atoms with Crippen molar-refractivity contribution in [1.29, 1.82) is 0 Å². The molecule has 3 rings (SSSR count). The average Bonchev–Trinajstić information content (AvgIpc) is 3.22. The second-order valence-electron chi connectivity index (χ2n) is 5.97. The lowest BCUT2D eigenvalue weighted by Gasteiger charge is -2.07. The summed E-state index contributed by atoms with van der Waals surface area (Å²) in [5.41, 5.74) is 1.79. The first-order chi connectivity index (χ1) is 14.1. The van der Waals surface area contributed by atoms with E-state index in [9.17, 15) is 4.79 Å². The minimum Gasteiger partial charge on any atom is -0.497 e. The molecule has 0 aliphatic carbocycles. The summed E-state index contributed by atoms with van der Waals surface area (Å²) >= 11 is 7.38. The van der Waals surface area contributed by atoms with Gasteiger partial charge in [0, 0.05) is 16.8 Å². The van der Waals surface area contributed by atoms with Gasteiger partial charge in [0.15, 0.2) is 0 Å². The third kappa shape index (κ3) is 5.88. The molecule has 1 amide bonds. The van der Waals surface area contributed by atoms with Gasteiger partial charge in [-0.1, -0.05) is 28.9 Å². The molecule has 0 unspecified atom stereocenters. The molecule has 9 heteroatoms. The standard InChI is InChI=1S/C20H20ClN3O4S/c1-26-15-7-8-16(17(9-15)27-2)20-23-19(28-24-20)10-22-18(25)12-29-11-13-3-5-14(21)6-4-13/h3-9H,10-12H2,1-2H3,(H,22,25). The number of amides is 1. The molecule has 2 aromatic carbocycles. The van der Waals surface area contributed by atoms with E-state index in [-0.39, 0.29) is 12.5 Å². The van der Waals surface area contributed by atoms with Gasteiger partial charge in [-0.2, -0.15) is 4.98 Å². The molecule has 0 atom stereocenters. The highest BCUT2D eigenvalue weighted by atomic mass is 35.5. The van der Waals surface area contributed by atoms with Gasteiger partial charge < -0.3 is 19.3 Å². The molecule has 0 saturated heterocycles. The Morgan fingerprint density at radius 3 is 2.69 bits per heavy atom. The Morgan fingerprint density at radius 1 is 1.17 bits per heavy atom. The van der Waals surface area contributed by atoms with E-state index in [1.807, 2.05) is 24.3 Å². The van der Waals surface area contributed by atoms with Gasteiger partial charge in [0.25, 0.3) is 0 Å². The van der Waals surface area contributed by atoms with Crippen LogP contribution < -0.4 is 14.8 Å². The molecule has 1 heterocycles. The van der Waals surface area contributed by atoms with Gasteiger partial charge >= 0.3 is 0 Å². The van der Waals surface area contributed by atoms with E-state index in [0.717, 1.165) is 11.3 Å². The maximum Gasteiger partial charge on any atom is 0.246 e. The predicted molar refractivity (Wildman–Crippen MR) is 112 cm³/mol. The van der Waals surface area contributed by atoms with Crippen molar-refractivity contribution >= 4 is 29.3 Å². The predicted octanol–water partition coefficient (Wildman–Crippen LogP) is 3.96. The van der Waals surface area contributed by atoms with Crippen LogP contribution in [0.1, 0.15) is 11.5 Å². The summed E-state index contributed by atoms with van der Waals surface area (Å²) in [6.45, 7) is 0.159. The number of ether oxygens (including phenoxy) is 2. The Hall–Kier alpha value is -2.71. The first-order valence-corrected chi connectivity index (χ1v) is 10.3. The highest BCUT2D eigenvalue weighted by Gasteiger charge is 2.15.